The van der Waals surface area contributed by atoms with E-state index < -0.39 is 12.1 Å². The number of aryl methyl sites for hydroxylation is 1. The van der Waals surface area contributed by atoms with E-state index in [1.165, 1.54) is 5.56 Å². The van der Waals surface area contributed by atoms with Crippen LogP contribution in [0.15, 0.2) is 54.6 Å². The molecule has 0 fully saturated rings. The van der Waals surface area contributed by atoms with E-state index >= 15 is 0 Å². The number of rotatable bonds is 9. The van der Waals surface area contributed by atoms with Gasteiger partial charge in [0.15, 0.2) is 0 Å². The fraction of sp³-hybridized carbons (Fsp3) is 0.364. The van der Waals surface area contributed by atoms with Gasteiger partial charge in [0, 0.05) is 17.5 Å². The molecule has 0 aliphatic rings. The molecular formula is C22H26ClNO4. The van der Waals surface area contributed by atoms with Gasteiger partial charge >= 0.3 is 12.1 Å². The van der Waals surface area contributed by atoms with Crippen LogP contribution in [0.1, 0.15) is 42.6 Å². The van der Waals surface area contributed by atoms with Gasteiger partial charge in [0.1, 0.15) is 6.10 Å². The molecular weight excluding hydrogens is 378 g/mol. The Hall–Kier alpha value is -2.53. The van der Waals surface area contributed by atoms with E-state index in [1.54, 1.807) is 31.2 Å². The highest BCUT2D eigenvalue weighted by Gasteiger charge is 2.16. The Bertz CT molecular complexity index is 749. The smallest absolute Gasteiger partial charge is 0.407 e. The second-order valence-corrected chi connectivity index (χ2v) is 7.17. The highest BCUT2D eigenvalue weighted by molar-refractivity contribution is 6.30. The minimum Gasteiger partial charge on any atom is -0.459 e. The molecule has 1 N–H and O–H groups in total. The van der Waals surface area contributed by atoms with E-state index in [-0.39, 0.29) is 12.1 Å². The summed E-state index contributed by atoms with van der Waals surface area (Å²) < 4.78 is 10.6. The molecule has 6 heteroatoms. The molecule has 150 valence electrons. The van der Waals surface area contributed by atoms with Gasteiger partial charge in [-0.1, -0.05) is 41.9 Å². The molecule has 28 heavy (non-hydrogen) atoms. The van der Waals surface area contributed by atoms with E-state index in [2.05, 4.69) is 17.4 Å². The SMILES string of the molecule is CC(CC(C)OC(=O)c1ccc(Cl)cc1)NC(=O)OCCCc1ccccc1. The normalized spacial score (nSPS) is 12.7. The maximum Gasteiger partial charge on any atom is 0.407 e. The molecule has 2 aromatic rings. The molecule has 2 aromatic carbocycles. The molecule has 0 radical (unpaired) electrons. The van der Waals surface area contributed by atoms with E-state index in [1.807, 2.05) is 25.1 Å². The van der Waals surface area contributed by atoms with Crippen LogP contribution < -0.4 is 5.32 Å². The predicted molar refractivity (Wildman–Crippen MR) is 110 cm³/mol. The minimum absolute atomic E-state index is 0.186. The average molecular weight is 404 g/mol. The summed E-state index contributed by atoms with van der Waals surface area (Å²) in [5.41, 5.74) is 1.66. The Labute approximate surface area is 171 Å². The van der Waals surface area contributed by atoms with Crippen LogP contribution in [-0.4, -0.2) is 30.8 Å². The third-order valence-corrected chi connectivity index (χ3v) is 4.38. The lowest BCUT2D eigenvalue weighted by Crippen LogP contribution is -2.36. The number of hydrogen-bond acceptors (Lipinski definition) is 4. The standard InChI is InChI=1S/C22H26ClNO4/c1-16(15-17(2)28-21(25)19-10-12-20(23)13-11-19)24-22(26)27-14-6-9-18-7-4-3-5-8-18/h3-5,7-8,10-13,16-17H,6,9,14-15H2,1-2H3,(H,24,26). The summed E-state index contributed by atoms with van der Waals surface area (Å²) in [5.74, 6) is -0.417. The van der Waals surface area contributed by atoms with Crippen molar-refractivity contribution in [2.24, 2.45) is 0 Å². The zero-order chi connectivity index (χ0) is 20.4. The lowest BCUT2D eigenvalue weighted by atomic mass is 10.1. The zero-order valence-electron chi connectivity index (χ0n) is 16.2. The van der Waals surface area contributed by atoms with E-state index in [0.29, 0.717) is 23.6 Å². The lowest BCUT2D eigenvalue weighted by Gasteiger charge is -2.19. The number of alkyl carbamates (subject to hydrolysis) is 1. The Kier molecular flexibility index (Phi) is 8.82. The highest BCUT2D eigenvalue weighted by Crippen LogP contribution is 2.12. The highest BCUT2D eigenvalue weighted by atomic mass is 35.5. The first-order chi connectivity index (χ1) is 13.4. The van der Waals surface area contributed by atoms with Crippen molar-refractivity contribution in [3.05, 3.63) is 70.7 Å². The topological polar surface area (TPSA) is 64.6 Å². The van der Waals surface area contributed by atoms with Gasteiger partial charge in [-0.15, -0.1) is 0 Å². The van der Waals surface area contributed by atoms with Gasteiger partial charge in [-0.25, -0.2) is 9.59 Å². The van der Waals surface area contributed by atoms with E-state index in [4.69, 9.17) is 21.1 Å². The van der Waals surface area contributed by atoms with Gasteiger partial charge in [-0.2, -0.15) is 0 Å². The third kappa shape index (κ3) is 8.01. The van der Waals surface area contributed by atoms with Crippen molar-refractivity contribution in [2.75, 3.05) is 6.61 Å². The first-order valence-corrected chi connectivity index (χ1v) is 9.75. The van der Waals surface area contributed by atoms with Crippen LogP contribution in [0.2, 0.25) is 5.02 Å². The van der Waals surface area contributed by atoms with Crippen LogP contribution in [0, 0.1) is 0 Å². The van der Waals surface area contributed by atoms with Crippen LogP contribution in [-0.2, 0) is 15.9 Å². The zero-order valence-corrected chi connectivity index (χ0v) is 16.9. The Morgan fingerprint density at radius 2 is 1.71 bits per heavy atom. The summed E-state index contributed by atoms with van der Waals surface area (Å²) in [6.07, 6.45) is 1.30. The molecule has 0 saturated heterocycles. The van der Waals surface area contributed by atoms with Gasteiger partial charge in [0.2, 0.25) is 0 Å². The van der Waals surface area contributed by atoms with Gasteiger partial charge < -0.3 is 14.8 Å². The Morgan fingerprint density at radius 1 is 1.04 bits per heavy atom. The lowest BCUT2D eigenvalue weighted by molar-refractivity contribution is 0.0307. The van der Waals surface area contributed by atoms with Gasteiger partial charge in [-0.05, 0) is 56.5 Å². The van der Waals surface area contributed by atoms with Crippen LogP contribution in [0.25, 0.3) is 0 Å². The second-order valence-electron chi connectivity index (χ2n) is 6.73. The first kappa shape index (κ1) is 21.8. The molecule has 0 spiro atoms. The molecule has 0 bridgehead atoms. The van der Waals surface area contributed by atoms with Crippen molar-refractivity contribution >= 4 is 23.7 Å². The third-order valence-electron chi connectivity index (χ3n) is 4.12. The molecule has 0 aliphatic carbocycles. The quantitative estimate of drug-likeness (QED) is 0.471. The number of halogens is 1. The number of benzene rings is 2. The van der Waals surface area contributed by atoms with Gasteiger partial charge in [0.05, 0.1) is 12.2 Å². The number of hydrogen-bond donors (Lipinski definition) is 1. The van der Waals surface area contributed by atoms with Crippen LogP contribution >= 0.6 is 11.6 Å². The molecule has 5 nitrogen and oxygen atoms in total. The Morgan fingerprint density at radius 3 is 2.39 bits per heavy atom. The number of carbonyl (C=O) groups excluding carboxylic acids is 2. The molecule has 0 aromatic heterocycles. The van der Waals surface area contributed by atoms with Crippen molar-refractivity contribution in [1.29, 1.82) is 0 Å². The molecule has 0 saturated carbocycles. The summed E-state index contributed by atoms with van der Waals surface area (Å²) in [4.78, 5) is 24.0. The van der Waals surface area contributed by atoms with Gasteiger partial charge in [-0.3, -0.25) is 0 Å². The van der Waals surface area contributed by atoms with E-state index in [0.717, 1.165) is 12.8 Å². The van der Waals surface area contributed by atoms with Crippen LogP contribution in [0.4, 0.5) is 4.79 Å². The van der Waals surface area contributed by atoms with Crippen LogP contribution in [0.5, 0.6) is 0 Å². The summed E-state index contributed by atoms with van der Waals surface area (Å²) in [6.45, 7) is 3.99. The maximum absolute atomic E-state index is 12.1. The number of amides is 1. The molecule has 1 amide bonds. The van der Waals surface area contributed by atoms with Crippen molar-refractivity contribution in [2.45, 2.75) is 45.3 Å². The van der Waals surface area contributed by atoms with Crippen LogP contribution in [0.3, 0.4) is 0 Å². The molecule has 2 unspecified atom stereocenters. The molecule has 2 rings (SSSR count). The summed E-state index contributed by atoms with van der Waals surface area (Å²) >= 11 is 5.81. The maximum atomic E-state index is 12.1. The van der Waals surface area contributed by atoms with Crippen molar-refractivity contribution in [3.63, 3.8) is 0 Å². The van der Waals surface area contributed by atoms with Crippen molar-refractivity contribution in [3.8, 4) is 0 Å². The van der Waals surface area contributed by atoms with Crippen molar-refractivity contribution < 1.29 is 19.1 Å². The number of esters is 1. The summed E-state index contributed by atoms with van der Waals surface area (Å²) in [5, 5.41) is 3.32. The fourth-order valence-corrected chi connectivity index (χ4v) is 2.90. The largest absolute Gasteiger partial charge is 0.459 e. The number of nitrogens with one attached hydrogen (secondary N) is 1. The average Bonchev–Trinajstić information content (AvgIpc) is 2.66. The summed E-state index contributed by atoms with van der Waals surface area (Å²) in [7, 11) is 0. The van der Waals surface area contributed by atoms with Crippen molar-refractivity contribution in [1.82, 2.24) is 5.32 Å². The number of ether oxygens (including phenoxy) is 2. The molecule has 2 atom stereocenters. The second kappa shape index (κ2) is 11.3. The number of carbonyl (C=O) groups is 2. The molecule has 0 heterocycles. The van der Waals surface area contributed by atoms with Gasteiger partial charge in [0.25, 0.3) is 0 Å². The summed E-state index contributed by atoms with van der Waals surface area (Å²) in [6, 6.07) is 16.4. The predicted octanol–water partition coefficient (Wildman–Crippen LogP) is 5.02. The van der Waals surface area contributed by atoms with E-state index in [9.17, 15) is 9.59 Å². The Balaban J connectivity index is 1.63. The minimum atomic E-state index is -0.461. The fourth-order valence-electron chi connectivity index (χ4n) is 2.77. The molecule has 0 aliphatic heterocycles. The monoisotopic (exact) mass is 403 g/mol. The first-order valence-electron chi connectivity index (χ1n) is 9.38.